The van der Waals surface area contributed by atoms with Crippen LogP contribution in [-0.2, 0) is 9.53 Å². The van der Waals surface area contributed by atoms with Crippen LogP contribution in [-0.4, -0.2) is 58.8 Å². The summed E-state index contributed by atoms with van der Waals surface area (Å²) in [5.74, 6) is 10.5. The number of benzene rings is 2. The molecule has 4 heterocycles. The van der Waals surface area contributed by atoms with Crippen LogP contribution in [0, 0.1) is 29.6 Å². The Labute approximate surface area is 243 Å². The van der Waals surface area contributed by atoms with Gasteiger partial charge < -0.3 is 29.4 Å². The van der Waals surface area contributed by atoms with E-state index in [1.54, 1.807) is 7.11 Å². The zero-order valence-electron chi connectivity index (χ0n) is 23.3. The molecule has 212 valence electrons. The number of hydrogen-bond donors (Lipinski definition) is 1. The highest BCUT2D eigenvalue weighted by Crippen LogP contribution is 2.51. The van der Waals surface area contributed by atoms with Crippen molar-refractivity contribution in [1.82, 2.24) is 19.4 Å². The molecule has 1 amide bonds. The van der Waals surface area contributed by atoms with Gasteiger partial charge in [-0.15, -0.1) is 0 Å². The topological polar surface area (TPSA) is 105 Å². The molecule has 9 nitrogen and oxygen atoms in total. The first kappa shape index (κ1) is 26.1. The second kappa shape index (κ2) is 10.5. The van der Waals surface area contributed by atoms with Gasteiger partial charge in [0.25, 0.3) is 0 Å². The van der Waals surface area contributed by atoms with Crippen molar-refractivity contribution in [2.75, 3.05) is 39.1 Å². The number of rotatable bonds is 6. The predicted molar refractivity (Wildman–Crippen MR) is 159 cm³/mol. The van der Waals surface area contributed by atoms with Crippen molar-refractivity contribution in [3.8, 4) is 40.2 Å². The van der Waals surface area contributed by atoms with E-state index < -0.39 is 0 Å². The van der Waals surface area contributed by atoms with E-state index in [0.29, 0.717) is 42.4 Å². The number of fused-ring (bicyclic) bond motifs is 2. The molecule has 1 saturated carbocycles. The first-order chi connectivity index (χ1) is 20.6. The average Bonchev–Trinajstić information content (AvgIpc) is 3.47. The Kier molecular flexibility index (Phi) is 6.56. The molecule has 4 aromatic rings. The maximum Gasteiger partial charge on any atom is 0.245 e. The molecule has 42 heavy (non-hydrogen) atoms. The summed E-state index contributed by atoms with van der Waals surface area (Å²) in [5, 5.41) is 0.738. The maximum absolute atomic E-state index is 12.1. The largest absolute Gasteiger partial charge is 0.496 e. The maximum atomic E-state index is 12.1. The van der Waals surface area contributed by atoms with Crippen LogP contribution in [0.15, 0.2) is 67.5 Å². The van der Waals surface area contributed by atoms with E-state index in [9.17, 15) is 4.79 Å². The molecule has 2 saturated heterocycles. The summed E-state index contributed by atoms with van der Waals surface area (Å²) >= 11 is 0. The Morgan fingerprint density at radius 1 is 1.14 bits per heavy atom. The molecule has 4 atom stereocenters. The van der Waals surface area contributed by atoms with Crippen molar-refractivity contribution in [2.45, 2.75) is 12.5 Å². The minimum Gasteiger partial charge on any atom is -0.496 e. The molecular formula is C33H31N5O4. The van der Waals surface area contributed by atoms with Gasteiger partial charge in [-0.3, -0.25) is 4.79 Å². The van der Waals surface area contributed by atoms with Crippen LogP contribution in [0.3, 0.4) is 0 Å². The van der Waals surface area contributed by atoms with Crippen molar-refractivity contribution in [3.63, 3.8) is 0 Å². The number of likely N-dealkylation sites (tertiary alicyclic amines) is 1. The van der Waals surface area contributed by atoms with Crippen LogP contribution in [0.2, 0.25) is 0 Å². The smallest absolute Gasteiger partial charge is 0.245 e. The molecule has 2 aliphatic heterocycles. The fourth-order valence-corrected chi connectivity index (χ4v) is 6.39. The lowest BCUT2D eigenvalue weighted by Crippen LogP contribution is -2.29. The van der Waals surface area contributed by atoms with Gasteiger partial charge in [0.15, 0.2) is 0 Å². The van der Waals surface area contributed by atoms with Crippen molar-refractivity contribution in [3.05, 3.63) is 73.2 Å². The molecule has 9 heteroatoms. The number of ether oxygens (including phenoxy) is 3. The SMILES string of the molecule is C=CC(=O)N1C[C@@H]2[C@@H](C#Cc3c(-c4ccc(Oc5ccccc5)cc4OC)c4c(N)ncnc4n3C3CCOC3)[C@@H]2C1. The second-order valence-electron chi connectivity index (χ2n) is 10.9. The van der Waals surface area contributed by atoms with E-state index in [0.717, 1.165) is 53.1 Å². The average molecular weight is 562 g/mol. The van der Waals surface area contributed by atoms with Gasteiger partial charge in [0.1, 0.15) is 40.7 Å². The third-order valence-corrected chi connectivity index (χ3v) is 8.54. The number of anilines is 1. The third kappa shape index (κ3) is 4.45. The second-order valence-corrected chi connectivity index (χ2v) is 10.9. The molecule has 1 unspecified atom stereocenters. The lowest BCUT2D eigenvalue weighted by atomic mass is 10.0. The third-order valence-electron chi connectivity index (χ3n) is 8.54. The highest BCUT2D eigenvalue weighted by atomic mass is 16.5. The Balaban J connectivity index is 1.34. The van der Waals surface area contributed by atoms with Gasteiger partial charge in [0, 0.05) is 42.8 Å². The standard InChI is InChI=1S/C33H31N5O4/c1-3-29(39)37-16-25-23(26(25)17-37)11-12-27-30(31-32(34)35-19-36-33(31)38(27)20-13-14-41-18-20)24-10-9-22(15-28(24)40-2)42-21-7-5-4-6-8-21/h3-10,15,19-20,23,25-26H,1,13-14,16-18H2,2H3,(H2,34,35,36)/t20?,23-,25-,26+. The number of amides is 1. The summed E-state index contributed by atoms with van der Waals surface area (Å²) in [5.41, 5.74) is 9.74. The summed E-state index contributed by atoms with van der Waals surface area (Å²) in [6.07, 6.45) is 3.72. The molecular weight excluding hydrogens is 530 g/mol. The summed E-state index contributed by atoms with van der Waals surface area (Å²) in [7, 11) is 1.64. The molecule has 1 aliphatic carbocycles. The lowest BCUT2D eigenvalue weighted by molar-refractivity contribution is -0.125. The number of nitrogens with zero attached hydrogens (tertiary/aromatic N) is 4. The number of methoxy groups -OCH3 is 1. The zero-order chi connectivity index (χ0) is 28.8. The van der Waals surface area contributed by atoms with Crippen molar-refractivity contribution < 1.29 is 19.0 Å². The van der Waals surface area contributed by atoms with Gasteiger partial charge in [-0.1, -0.05) is 30.7 Å². The van der Waals surface area contributed by atoms with E-state index in [1.807, 2.05) is 53.4 Å². The zero-order valence-corrected chi connectivity index (χ0v) is 23.3. The van der Waals surface area contributed by atoms with Crippen molar-refractivity contribution >= 4 is 22.8 Å². The van der Waals surface area contributed by atoms with Crippen LogP contribution in [0.5, 0.6) is 17.2 Å². The molecule has 3 aliphatic rings. The summed E-state index contributed by atoms with van der Waals surface area (Å²) in [6, 6.07) is 15.4. The quantitative estimate of drug-likeness (QED) is 0.269. The fraction of sp³-hybridized carbons (Fsp3) is 0.303. The molecule has 0 radical (unpaired) electrons. The number of nitrogen functional groups attached to an aromatic ring is 1. The van der Waals surface area contributed by atoms with E-state index in [1.165, 1.54) is 12.4 Å². The number of hydrogen-bond acceptors (Lipinski definition) is 7. The van der Waals surface area contributed by atoms with Crippen LogP contribution >= 0.6 is 0 Å². The minimum atomic E-state index is -0.0154. The normalized spacial score (nSPS) is 22.4. The first-order valence-corrected chi connectivity index (χ1v) is 14.1. The number of carbonyl (C=O) groups is 1. The van der Waals surface area contributed by atoms with Crippen LogP contribution in [0.4, 0.5) is 5.82 Å². The highest BCUT2D eigenvalue weighted by molar-refractivity contribution is 6.05. The van der Waals surface area contributed by atoms with E-state index >= 15 is 0 Å². The van der Waals surface area contributed by atoms with E-state index in [4.69, 9.17) is 24.9 Å². The van der Waals surface area contributed by atoms with E-state index in [2.05, 4.69) is 28.0 Å². The first-order valence-electron chi connectivity index (χ1n) is 14.1. The Morgan fingerprint density at radius 2 is 1.95 bits per heavy atom. The van der Waals surface area contributed by atoms with Crippen molar-refractivity contribution in [1.29, 1.82) is 0 Å². The predicted octanol–water partition coefficient (Wildman–Crippen LogP) is 4.68. The Hall–Kier alpha value is -4.81. The number of nitrogens with two attached hydrogens (primary N) is 1. The van der Waals surface area contributed by atoms with Crippen LogP contribution in [0.25, 0.3) is 22.2 Å². The Morgan fingerprint density at radius 3 is 2.67 bits per heavy atom. The highest BCUT2D eigenvalue weighted by Gasteiger charge is 2.55. The number of aromatic nitrogens is 3. The number of para-hydroxylation sites is 1. The van der Waals surface area contributed by atoms with Gasteiger partial charge in [-0.2, -0.15) is 0 Å². The lowest BCUT2D eigenvalue weighted by Gasteiger charge is -2.16. The molecule has 2 N–H and O–H groups in total. The van der Waals surface area contributed by atoms with E-state index in [-0.39, 0.29) is 17.9 Å². The van der Waals surface area contributed by atoms with Gasteiger partial charge in [-0.05, 0) is 54.5 Å². The molecule has 7 rings (SSSR count). The van der Waals surface area contributed by atoms with Gasteiger partial charge >= 0.3 is 0 Å². The minimum absolute atomic E-state index is 0.0154. The summed E-state index contributed by atoms with van der Waals surface area (Å²) in [4.78, 5) is 23.0. The summed E-state index contributed by atoms with van der Waals surface area (Å²) < 4.78 is 20.0. The number of piperidine rings is 1. The van der Waals surface area contributed by atoms with Crippen LogP contribution < -0.4 is 15.2 Å². The molecule has 3 fully saturated rings. The fourth-order valence-electron chi connectivity index (χ4n) is 6.39. The van der Waals surface area contributed by atoms with Gasteiger partial charge in [0.05, 0.1) is 25.1 Å². The van der Waals surface area contributed by atoms with Crippen LogP contribution in [0.1, 0.15) is 18.2 Å². The number of carbonyl (C=O) groups excluding carboxylic acids is 1. The van der Waals surface area contributed by atoms with Gasteiger partial charge in [-0.25, -0.2) is 9.97 Å². The molecule has 2 aromatic heterocycles. The van der Waals surface area contributed by atoms with Crippen molar-refractivity contribution in [2.24, 2.45) is 17.8 Å². The summed E-state index contributed by atoms with van der Waals surface area (Å²) in [6.45, 7) is 6.29. The molecule has 0 bridgehead atoms. The molecule has 0 spiro atoms. The molecule has 2 aromatic carbocycles. The van der Waals surface area contributed by atoms with Gasteiger partial charge in [0.2, 0.25) is 5.91 Å². The Bertz CT molecular complexity index is 1740. The monoisotopic (exact) mass is 561 g/mol.